The Hall–Kier alpha value is -1.06. The van der Waals surface area contributed by atoms with Gasteiger partial charge in [-0.2, -0.15) is 0 Å². The summed E-state index contributed by atoms with van der Waals surface area (Å²) in [5, 5.41) is 0. The summed E-state index contributed by atoms with van der Waals surface area (Å²) in [7, 11) is 3.87. The van der Waals surface area contributed by atoms with E-state index in [2.05, 4.69) is 44.9 Å². The van der Waals surface area contributed by atoms with Crippen LogP contribution in [0.2, 0.25) is 0 Å². The van der Waals surface area contributed by atoms with Crippen LogP contribution in [0.3, 0.4) is 0 Å². The fraction of sp³-hybridized carbons (Fsp3) is 0.647. The van der Waals surface area contributed by atoms with Gasteiger partial charge in [0.1, 0.15) is 5.75 Å². The van der Waals surface area contributed by atoms with Crippen LogP contribution in [0.5, 0.6) is 5.75 Å². The number of methoxy groups -OCH3 is 1. The van der Waals surface area contributed by atoms with Gasteiger partial charge in [-0.1, -0.05) is 32.9 Å². The van der Waals surface area contributed by atoms with Crippen LogP contribution in [0.25, 0.3) is 0 Å². The predicted molar refractivity (Wildman–Crippen MR) is 86.1 cm³/mol. The second kappa shape index (κ2) is 8.28. The molecular weight excluding hydrogens is 248 g/mol. The maximum absolute atomic E-state index is 6.35. The van der Waals surface area contributed by atoms with E-state index in [1.807, 2.05) is 12.1 Å². The van der Waals surface area contributed by atoms with Gasteiger partial charge >= 0.3 is 0 Å². The Kier molecular flexibility index (Phi) is 7.03. The molecule has 114 valence electrons. The van der Waals surface area contributed by atoms with E-state index >= 15 is 0 Å². The molecule has 0 aliphatic heterocycles. The molecule has 0 heterocycles. The molecule has 0 aliphatic rings. The lowest BCUT2D eigenvalue weighted by molar-refractivity contribution is 0.199. The molecule has 0 aliphatic carbocycles. The van der Waals surface area contributed by atoms with Gasteiger partial charge < -0.3 is 10.5 Å². The molecule has 1 aromatic rings. The molecule has 0 radical (unpaired) electrons. The Labute approximate surface area is 124 Å². The smallest absolute Gasteiger partial charge is 0.118 e. The van der Waals surface area contributed by atoms with E-state index in [1.165, 1.54) is 12.0 Å². The van der Waals surface area contributed by atoms with E-state index in [-0.39, 0.29) is 12.1 Å². The van der Waals surface area contributed by atoms with Gasteiger partial charge in [0.25, 0.3) is 0 Å². The van der Waals surface area contributed by atoms with Crippen LogP contribution in [-0.4, -0.2) is 31.6 Å². The minimum Gasteiger partial charge on any atom is -0.497 e. The van der Waals surface area contributed by atoms with E-state index in [9.17, 15) is 0 Å². The van der Waals surface area contributed by atoms with Crippen molar-refractivity contribution in [2.45, 2.75) is 45.7 Å². The molecule has 2 N–H and O–H groups in total. The number of ether oxygens (including phenoxy) is 1. The van der Waals surface area contributed by atoms with E-state index in [1.54, 1.807) is 7.11 Å². The average molecular weight is 278 g/mol. The molecule has 1 rings (SSSR count). The monoisotopic (exact) mass is 278 g/mol. The topological polar surface area (TPSA) is 38.5 Å². The molecule has 0 spiro atoms. The second-order valence-electron chi connectivity index (χ2n) is 5.95. The lowest BCUT2D eigenvalue weighted by atomic mass is 9.96. The zero-order valence-corrected chi connectivity index (χ0v) is 13.6. The maximum Gasteiger partial charge on any atom is 0.118 e. The van der Waals surface area contributed by atoms with Crippen molar-refractivity contribution >= 4 is 0 Å². The number of nitrogens with two attached hydrogens (primary N) is 1. The third-order valence-electron chi connectivity index (χ3n) is 3.87. The van der Waals surface area contributed by atoms with Crippen LogP contribution >= 0.6 is 0 Å². The molecule has 0 bridgehead atoms. The summed E-state index contributed by atoms with van der Waals surface area (Å²) >= 11 is 0. The van der Waals surface area contributed by atoms with E-state index in [4.69, 9.17) is 10.5 Å². The van der Waals surface area contributed by atoms with Crippen molar-refractivity contribution in [1.82, 2.24) is 4.90 Å². The normalized spacial score (nSPS) is 14.6. The molecule has 2 atom stereocenters. The Morgan fingerprint density at radius 2 is 1.80 bits per heavy atom. The van der Waals surface area contributed by atoms with Crippen molar-refractivity contribution in [1.29, 1.82) is 0 Å². The minimum atomic E-state index is 0.153. The van der Waals surface area contributed by atoms with E-state index in [0.717, 1.165) is 18.7 Å². The van der Waals surface area contributed by atoms with E-state index in [0.29, 0.717) is 5.92 Å². The molecule has 0 saturated heterocycles. The van der Waals surface area contributed by atoms with Gasteiger partial charge in [0.15, 0.2) is 0 Å². The average Bonchev–Trinajstić information content (AvgIpc) is 2.45. The van der Waals surface area contributed by atoms with E-state index < -0.39 is 0 Å². The summed E-state index contributed by atoms with van der Waals surface area (Å²) in [6.45, 7) is 7.74. The zero-order valence-electron chi connectivity index (χ0n) is 13.6. The molecule has 20 heavy (non-hydrogen) atoms. The highest BCUT2D eigenvalue weighted by atomic mass is 16.5. The third kappa shape index (κ3) is 4.80. The summed E-state index contributed by atoms with van der Waals surface area (Å²) in [4.78, 5) is 2.38. The Balaban J connectivity index is 2.86. The van der Waals surface area contributed by atoms with Crippen LogP contribution in [0.1, 0.15) is 45.2 Å². The van der Waals surface area contributed by atoms with Crippen molar-refractivity contribution in [3.8, 4) is 5.75 Å². The molecule has 0 amide bonds. The summed E-state index contributed by atoms with van der Waals surface area (Å²) < 4.78 is 5.23. The van der Waals surface area contributed by atoms with Crippen LogP contribution < -0.4 is 10.5 Å². The van der Waals surface area contributed by atoms with Gasteiger partial charge in [0, 0.05) is 12.1 Å². The molecule has 1 aromatic carbocycles. The highest BCUT2D eigenvalue weighted by molar-refractivity contribution is 5.30. The first kappa shape index (κ1) is 17.0. The summed E-state index contributed by atoms with van der Waals surface area (Å²) in [5.74, 6) is 1.61. The highest BCUT2D eigenvalue weighted by Crippen LogP contribution is 2.26. The first-order valence-electron chi connectivity index (χ1n) is 7.59. The number of rotatable bonds is 8. The lowest BCUT2D eigenvalue weighted by Gasteiger charge is -2.33. The predicted octanol–water partition coefficient (Wildman–Crippen LogP) is 3.45. The number of hydrogen-bond donors (Lipinski definition) is 1. The van der Waals surface area contributed by atoms with Crippen molar-refractivity contribution < 1.29 is 4.74 Å². The fourth-order valence-corrected chi connectivity index (χ4v) is 2.45. The molecular formula is C17H30N2O. The quantitative estimate of drug-likeness (QED) is 0.791. The van der Waals surface area contributed by atoms with Crippen LogP contribution in [0.4, 0.5) is 0 Å². The lowest BCUT2D eigenvalue weighted by Crippen LogP contribution is -2.39. The molecule has 3 nitrogen and oxygen atoms in total. The SMILES string of the molecule is CCC(N)C(c1ccc(OC)cc1)N(C)CCC(C)C. The summed E-state index contributed by atoms with van der Waals surface area (Å²) in [6.07, 6.45) is 2.17. The van der Waals surface area contributed by atoms with Gasteiger partial charge in [-0.15, -0.1) is 0 Å². The summed E-state index contributed by atoms with van der Waals surface area (Å²) in [6, 6.07) is 8.71. The third-order valence-corrected chi connectivity index (χ3v) is 3.87. The van der Waals surface area contributed by atoms with Crippen molar-refractivity contribution in [2.75, 3.05) is 20.7 Å². The second-order valence-corrected chi connectivity index (χ2v) is 5.95. The standard InChI is InChI=1S/C17H30N2O/c1-6-16(18)17(19(4)12-11-13(2)3)14-7-9-15(20-5)10-8-14/h7-10,13,16-17H,6,11-12,18H2,1-5H3. The van der Waals surface area contributed by atoms with Crippen molar-refractivity contribution in [2.24, 2.45) is 11.7 Å². The largest absolute Gasteiger partial charge is 0.497 e. The number of likely N-dealkylation sites (N-methyl/N-ethyl adjacent to an activating group) is 1. The van der Waals surface area contributed by atoms with Gasteiger partial charge in [0.2, 0.25) is 0 Å². The van der Waals surface area contributed by atoms with Crippen molar-refractivity contribution in [3.63, 3.8) is 0 Å². The first-order chi connectivity index (χ1) is 9.49. The van der Waals surface area contributed by atoms with Gasteiger partial charge in [-0.05, 0) is 50.0 Å². The molecule has 0 fully saturated rings. The molecule has 2 unspecified atom stereocenters. The van der Waals surface area contributed by atoms with Crippen LogP contribution in [0, 0.1) is 5.92 Å². The molecule has 3 heteroatoms. The zero-order chi connectivity index (χ0) is 15.1. The maximum atomic E-state index is 6.35. The van der Waals surface area contributed by atoms with Gasteiger partial charge in [0.05, 0.1) is 7.11 Å². The first-order valence-corrected chi connectivity index (χ1v) is 7.59. The van der Waals surface area contributed by atoms with Crippen LogP contribution in [-0.2, 0) is 0 Å². The Bertz CT molecular complexity index is 375. The highest BCUT2D eigenvalue weighted by Gasteiger charge is 2.23. The van der Waals surface area contributed by atoms with Crippen LogP contribution in [0.15, 0.2) is 24.3 Å². The summed E-state index contributed by atoms with van der Waals surface area (Å²) in [5.41, 5.74) is 7.62. The van der Waals surface area contributed by atoms with Gasteiger partial charge in [-0.3, -0.25) is 4.90 Å². The Morgan fingerprint density at radius 1 is 1.20 bits per heavy atom. The number of nitrogens with zero attached hydrogens (tertiary/aromatic N) is 1. The minimum absolute atomic E-state index is 0.153. The van der Waals surface area contributed by atoms with Gasteiger partial charge in [-0.25, -0.2) is 0 Å². The molecule has 0 saturated carbocycles. The number of hydrogen-bond acceptors (Lipinski definition) is 3. The van der Waals surface area contributed by atoms with Crippen molar-refractivity contribution in [3.05, 3.63) is 29.8 Å². The number of benzene rings is 1. The molecule has 0 aromatic heterocycles. The fourth-order valence-electron chi connectivity index (χ4n) is 2.45. The Morgan fingerprint density at radius 3 is 2.25 bits per heavy atom.